The van der Waals surface area contributed by atoms with Crippen LogP contribution in [0.15, 0.2) is 10.7 Å². The summed E-state index contributed by atoms with van der Waals surface area (Å²) in [5.74, 6) is 0. The van der Waals surface area contributed by atoms with Crippen LogP contribution in [-0.2, 0) is 17.1 Å². The predicted octanol–water partition coefficient (Wildman–Crippen LogP) is 0.499. The topological polar surface area (TPSA) is 105 Å². The Morgan fingerprint density at radius 3 is 1.00 bits per heavy atom. The molecule has 1 radical (unpaired) electrons. The molecule has 0 aliphatic rings. The third-order valence-electron chi connectivity index (χ3n) is 0. The molecular formula is CuN2O4. The molecule has 0 fully saturated rings. The maximum Gasteiger partial charge on any atom is 2.00 e. The minimum Gasteiger partial charge on any atom is -0.444 e. The smallest absolute Gasteiger partial charge is 0.444 e. The second kappa shape index (κ2) is 57.0. The first-order chi connectivity index (χ1) is 2.83. The maximum absolute atomic E-state index is 8.00. The summed E-state index contributed by atoms with van der Waals surface area (Å²) in [5.41, 5.74) is 0. The van der Waals surface area contributed by atoms with E-state index in [1.165, 1.54) is 0 Å². The quantitative estimate of drug-likeness (QED) is 0.288. The van der Waals surface area contributed by atoms with Gasteiger partial charge in [0.05, 0.1) is 0 Å². The van der Waals surface area contributed by atoms with E-state index in [9.17, 15) is 0 Å². The summed E-state index contributed by atoms with van der Waals surface area (Å²) in [6, 6.07) is 0. The van der Waals surface area contributed by atoms with Gasteiger partial charge in [-0.05, 0) is 0 Å². The summed E-state index contributed by atoms with van der Waals surface area (Å²) in [6.45, 7) is 0. The van der Waals surface area contributed by atoms with Crippen LogP contribution in [0.2, 0.25) is 0 Å². The van der Waals surface area contributed by atoms with Crippen molar-refractivity contribution < 1.29 is 17.1 Å². The van der Waals surface area contributed by atoms with Crippen molar-refractivity contribution in [3.05, 3.63) is 20.2 Å². The summed E-state index contributed by atoms with van der Waals surface area (Å²) in [5, 5.41) is 18.0. The zero-order valence-corrected chi connectivity index (χ0v) is 3.77. The van der Waals surface area contributed by atoms with Crippen molar-refractivity contribution in [1.82, 2.24) is 0 Å². The monoisotopic (exact) mass is 155 g/mol. The molecular weight excluding hydrogens is 156 g/mol. The van der Waals surface area contributed by atoms with Gasteiger partial charge in [0.15, 0.2) is 0 Å². The van der Waals surface area contributed by atoms with Gasteiger partial charge >= 0.3 is 17.1 Å². The molecule has 0 unspecified atom stereocenters. The molecule has 0 saturated heterocycles. The van der Waals surface area contributed by atoms with Crippen LogP contribution in [0.25, 0.3) is 0 Å². The molecule has 0 aromatic heterocycles. The van der Waals surface area contributed by atoms with E-state index in [4.69, 9.17) is 20.2 Å². The Bertz CT molecular complexity index is 30.7. The average Bonchev–Trinajstić information content (AvgIpc) is 1.39. The average molecular weight is 156 g/mol. The first-order valence-electron chi connectivity index (χ1n) is 0.730. The van der Waals surface area contributed by atoms with Gasteiger partial charge in [-0.3, -0.25) is 0 Å². The largest absolute Gasteiger partial charge is 2.00 e. The van der Waals surface area contributed by atoms with Crippen LogP contribution in [-0.4, -0.2) is 0 Å². The molecule has 6 nitrogen and oxygen atoms in total. The third-order valence-corrected chi connectivity index (χ3v) is 0. The molecule has 0 bridgehead atoms. The first kappa shape index (κ1) is 16.2. The van der Waals surface area contributed by atoms with Gasteiger partial charge in [-0.25, -0.2) is 0 Å². The molecule has 0 rings (SSSR count). The van der Waals surface area contributed by atoms with Crippen molar-refractivity contribution >= 4 is 0 Å². The van der Waals surface area contributed by atoms with Crippen molar-refractivity contribution in [1.29, 1.82) is 0 Å². The Kier molecular flexibility index (Phi) is 132. The third kappa shape index (κ3) is 127. The van der Waals surface area contributed by atoms with Gasteiger partial charge in [0, 0.05) is 0 Å². The fourth-order valence-electron chi connectivity index (χ4n) is 0. The normalized spacial score (nSPS) is 3.43. The summed E-state index contributed by atoms with van der Waals surface area (Å²) in [7, 11) is 0. The Morgan fingerprint density at radius 2 is 1.00 bits per heavy atom. The van der Waals surface area contributed by atoms with Crippen LogP contribution in [0, 0.1) is 20.2 Å². The molecule has 7 heavy (non-hydrogen) atoms. The number of nitrogens with zero attached hydrogens (tertiary/aromatic N) is 2. The summed E-state index contributed by atoms with van der Waals surface area (Å²) in [6.07, 6.45) is 0. The van der Waals surface area contributed by atoms with Crippen molar-refractivity contribution in [3.63, 3.8) is 0 Å². The van der Waals surface area contributed by atoms with Crippen molar-refractivity contribution in [2.45, 2.75) is 0 Å². The van der Waals surface area contributed by atoms with Gasteiger partial charge in [0.25, 0.3) is 0 Å². The molecule has 0 spiro atoms. The van der Waals surface area contributed by atoms with Crippen LogP contribution >= 0.6 is 0 Å². The van der Waals surface area contributed by atoms with Gasteiger partial charge in [-0.15, -0.1) is 10.7 Å². The number of hydrogen-bond acceptors (Lipinski definition) is 6. The fourth-order valence-corrected chi connectivity index (χ4v) is 0. The Labute approximate surface area is 48.9 Å². The first-order valence-corrected chi connectivity index (χ1v) is 0.730. The second-order valence-corrected chi connectivity index (χ2v) is 0.149. The van der Waals surface area contributed by atoms with Crippen molar-refractivity contribution in [2.24, 2.45) is 10.7 Å². The van der Waals surface area contributed by atoms with Gasteiger partial charge in [0.2, 0.25) is 0 Å². The van der Waals surface area contributed by atoms with Crippen LogP contribution in [0.5, 0.6) is 0 Å². The van der Waals surface area contributed by atoms with E-state index in [0.717, 1.165) is 10.7 Å². The van der Waals surface area contributed by atoms with E-state index >= 15 is 0 Å². The molecule has 7 heteroatoms. The molecule has 0 aromatic rings. The van der Waals surface area contributed by atoms with Crippen LogP contribution < -0.4 is 0 Å². The van der Waals surface area contributed by atoms with Crippen molar-refractivity contribution in [2.75, 3.05) is 0 Å². The minimum absolute atomic E-state index is 0. The molecule has 0 atom stereocenters. The molecule has 0 aliphatic heterocycles. The van der Waals surface area contributed by atoms with E-state index in [1.807, 2.05) is 0 Å². The second-order valence-electron chi connectivity index (χ2n) is 0.149. The van der Waals surface area contributed by atoms with Gasteiger partial charge in [0.1, 0.15) is 0 Å². The Morgan fingerprint density at radius 1 is 1.00 bits per heavy atom. The van der Waals surface area contributed by atoms with Gasteiger partial charge < -0.3 is 20.2 Å². The molecule has 0 saturated carbocycles. The number of hydrogen-bond donors (Lipinski definition) is 0. The Balaban J connectivity index is -0.0000000400. The van der Waals surface area contributed by atoms with Gasteiger partial charge in [-0.2, -0.15) is 0 Å². The standard InChI is InChI=1S/Cu.2HNO2/c;2*2-1-3/h;2*(H,2,3)/q+2;;/p-2. The molecule has 0 N–H and O–H groups in total. The summed E-state index contributed by atoms with van der Waals surface area (Å²) < 4.78 is 0. The summed E-state index contributed by atoms with van der Waals surface area (Å²) in [4.78, 5) is 16.0. The van der Waals surface area contributed by atoms with E-state index in [-0.39, 0.29) is 17.1 Å². The van der Waals surface area contributed by atoms with Crippen molar-refractivity contribution in [3.8, 4) is 0 Å². The molecule has 0 aromatic carbocycles. The van der Waals surface area contributed by atoms with E-state index < -0.39 is 0 Å². The predicted molar refractivity (Wildman–Crippen MR) is 18.3 cm³/mol. The van der Waals surface area contributed by atoms with Gasteiger partial charge in [-0.1, -0.05) is 0 Å². The molecule has 0 aliphatic carbocycles. The van der Waals surface area contributed by atoms with E-state index in [0.29, 0.717) is 0 Å². The zero-order chi connectivity index (χ0) is 5.41. The zero-order valence-electron chi connectivity index (χ0n) is 2.83. The molecule has 0 amide bonds. The molecule has 0 heterocycles. The van der Waals surface area contributed by atoms with E-state index in [2.05, 4.69) is 0 Å². The summed E-state index contributed by atoms with van der Waals surface area (Å²) >= 11 is 0. The molecule has 45 valence electrons. The Hall–Kier alpha value is -0.681. The van der Waals surface area contributed by atoms with Crippen LogP contribution in [0.3, 0.4) is 0 Å². The SMILES string of the molecule is O=N[O-].O=N[O-].[Cu+2]. The van der Waals surface area contributed by atoms with Crippen LogP contribution in [0.4, 0.5) is 0 Å². The van der Waals surface area contributed by atoms with Crippen LogP contribution in [0.1, 0.15) is 0 Å². The fraction of sp³-hybridized carbons (Fsp3) is 0. The van der Waals surface area contributed by atoms with E-state index in [1.54, 1.807) is 0 Å². The minimum atomic E-state index is 0. The number of rotatable bonds is 0. The maximum atomic E-state index is 8.00.